The number of hydrogen-bond acceptors (Lipinski definition) is 3. The predicted molar refractivity (Wildman–Crippen MR) is 84.6 cm³/mol. The highest BCUT2D eigenvalue weighted by molar-refractivity contribution is 5.50. The van der Waals surface area contributed by atoms with Crippen LogP contribution in [0.25, 0.3) is 0 Å². The third-order valence-corrected chi connectivity index (χ3v) is 4.47. The summed E-state index contributed by atoms with van der Waals surface area (Å²) < 4.78 is 0. The first kappa shape index (κ1) is 14.1. The molecule has 0 amide bonds. The Bertz CT molecular complexity index is 625. The zero-order chi connectivity index (χ0) is 14.8. The van der Waals surface area contributed by atoms with Gasteiger partial charge in [0, 0.05) is 24.0 Å². The number of fused-ring (bicyclic) bond motifs is 1. The number of aryl methyl sites for hydroxylation is 1. The average molecular weight is 282 g/mol. The van der Waals surface area contributed by atoms with Crippen LogP contribution in [0, 0.1) is 6.92 Å². The van der Waals surface area contributed by atoms with Gasteiger partial charge in [-0.15, -0.1) is 0 Å². The minimum Gasteiger partial charge on any atom is -0.508 e. The van der Waals surface area contributed by atoms with Crippen molar-refractivity contribution in [3.63, 3.8) is 0 Å². The third kappa shape index (κ3) is 2.79. The third-order valence-electron chi connectivity index (χ3n) is 4.47. The molecule has 0 radical (unpaired) electrons. The van der Waals surface area contributed by atoms with Gasteiger partial charge >= 0.3 is 0 Å². The first-order valence-electron chi connectivity index (χ1n) is 7.61. The highest BCUT2D eigenvalue weighted by atomic mass is 16.3. The van der Waals surface area contributed by atoms with Crippen LogP contribution < -0.4 is 5.32 Å². The summed E-state index contributed by atoms with van der Waals surface area (Å²) in [4.78, 5) is 4.04. The van der Waals surface area contributed by atoms with E-state index in [-0.39, 0.29) is 6.04 Å². The summed E-state index contributed by atoms with van der Waals surface area (Å²) in [7, 11) is 0. The van der Waals surface area contributed by atoms with E-state index >= 15 is 0 Å². The van der Waals surface area contributed by atoms with Crippen LogP contribution >= 0.6 is 0 Å². The first-order chi connectivity index (χ1) is 10.2. The summed E-state index contributed by atoms with van der Waals surface area (Å²) in [5.74, 6) is 0.937. The topological polar surface area (TPSA) is 45.1 Å². The Labute approximate surface area is 126 Å². The van der Waals surface area contributed by atoms with Crippen molar-refractivity contribution in [2.24, 2.45) is 0 Å². The summed E-state index contributed by atoms with van der Waals surface area (Å²) in [6.45, 7) is 5.29. The van der Waals surface area contributed by atoms with Crippen molar-refractivity contribution in [3.05, 3.63) is 58.9 Å². The molecule has 2 N–H and O–H groups in total. The fourth-order valence-electron chi connectivity index (χ4n) is 3.47. The van der Waals surface area contributed by atoms with Gasteiger partial charge in [0.15, 0.2) is 0 Å². The van der Waals surface area contributed by atoms with Crippen molar-refractivity contribution in [2.75, 3.05) is 6.54 Å². The van der Waals surface area contributed by atoms with Crippen LogP contribution in [0.2, 0.25) is 0 Å². The Kier molecular flexibility index (Phi) is 3.93. The number of aromatic nitrogens is 1. The molecule has 0 saturated heterocycles. The van der Waals surface area contributed by atoms with Crippen LogP contribution in [0.1, 0.15) is 47.6 Å². The maximum absolute atomic E-state index is 10.2. The smallest absolute Gasteiger partial charge is 0.120 e. The highest BCUT2D eigenvalue weighted by Gasteiger charge is 2.31. The maximum atomic E-state index is 10.2. The first-order valence-corrected chi connectivity index (χ1v) is 7.61. The second-order valence-electron chi connectivity index (χ2n) is 5.98. The number of phenolic OH excluding ortho intramolecular Hbond substituents is 1. The number of nitrogens with one attached hydrogen (secondary N) is 1. The summed E-state index contributed by atoms with van der Waals surface area (Å²) >= 11 is 0. The second kappa shape index (κ2) is 5.86. The molecule has 0 spiro atoms. The summed E-state index contributed by atoms with van der Waals surface area (Å²) in [6.07, 6.45) is 5.70. The number of benzene rings is 1. The summed E-state index contributed by atoms with van der Waals surface area (Å²) in [5, 5.41) is 13.8. The van der Waals surface area contributed by atoms with Crippen LogP contribution in [0.5, 0.6) is 5.75 Å². The number of phenols is 1. The minimum atomic E-state index is 0.261. The number of hydrogen-bond donors (Lipinski definition) is 2. The maximum Gasteiger partial charge on any atom is 0.120 e. The quantitative estimate of drug-likeness (QED) is 0.902. The van der Waals surface area contributed by atoms with E-state index in [4.69, 9.17) is 0 Å². The zero-order valence-electron chi connectivity index (χ0n) is 12.6. The van der Waals surface area contributed by atoms with Gasteiger partial charge in [-0.05, 0) is 67.1 Å². The van der Waals surface area contributed by atoms with E-state index in [9.17, 15) is 5.11 Å². The Morgan fingerprint density at radius 3 is 2.71 bits per heavy atom. The Hall–Kier alpha value is -1.87. The molecular formula is C18H22N2O. The van der Waals surface area contributed by atoms with E-state index in [2.05, 4.69) is 36.3 Å². The van der Waals surface area contributed by atoms with Crippen molar-refractivity contribution in [2.45, 2.75) is 38.6 Å². The van der Waals surface area contributed by atoms with Gasteiger partial charge in [0.2, 0.25) is 0 Å². The van der Waals surface area contributed by atoms with Gasteiger partial charge in [-0.3, -0.25) is 4.98 Å². The molecule has 1 heterocycles. The summed E-state index contributed by atoms with van der Waals surface area (Å²) in [6, 6.07) is 8.20. The number of nitrogens with zero attached hydrogens (tertiary/aromatic N) is 1. The van der Waals surface area contributed by atoms with E-state index in [0.29, 0.717) is 11.7 Å². The molecule has 110 valence electrons. The number of aromatic hydroxyl groups is 1. The van der Waals surface area contributed by atoms with Gasteiger partial charge in [0.1, 0.15) is 5.75 Å². The molecule has 3 heteroatoms. The molecule has 3 rings (SSSR count). The minimum absolute atomic E-state index is 0.261. The van der Waals surface area contributed by atoms with Crippen LogP contribution in [0.3, 0.4) is 0 Å². The molecule has 1 aromatic carbocycles. The Morgan fingerprint density at radius 2 is 1.95 bits per heavy atom. The highest BCUT2D eigenvalue weighted by Crippen LogP contribution is 2.45. The van der Waals surface area contributed by atoms with E-state index in [0.717, 1.165) is 24.9 Å². The van der Waals surface area contributed by atoms with Gasteiger partial charge < -0.3 is 10.4 Å². The van der Waals surface area contributed by atoms with Crippen molar-refractivity contribution in [1.82, 2.24) is 10.3 Å². The molecular weight excluding hydrogens is 260 g/mol. The van der Waals surface area contributed by atoms with E-state index in [1.54, 1.807) is 0 Å². The van der Waals surface area contributed by atoms with Crippen LogP contribution in [0.4, 0.5) is 0 Å². The zero-order valence-corrected chi connectivity index (χ0v) is 12.6. The summed E-state index contributed by atoms with van der Waals surface area (Å²) in [5.41, 5.74) is 5.01. The lowest BCUT2D eigenvalue weighted by atomic mass is 9.97. The van der Waals surface area contributed by atoms with Gasteiger partial charge in [0.25, 0.3) is 0 Å². The molecule has 1 aliphatic carbocycles. The largest absolute Gasteiger partial charge is 0.508 e. The second-order valence-corrected chi connectivity index (χ2v) is 5.98. The Morgan fingerprint density at radius 1 is 1.19 bits per heavy atom. The molecule has 1 aliphatic rings. The molecule has 2 aromatic rings. The van der Waals surface area contributed by atoms with Crippen LogP contribution in [-0.4, -0.2) is 16.6 Å². The molecule has 0 saturated carbocycles. The van der Waals surface area contributed by atoms with Gasteiger partial charge in [-0.25, -0.2) is 0 Å². The van der Waals surface area contributed by atoms with E-state index in [1.807, 2.05) is 24.5 Å². The molecule has 21 heavy (non-hydrogen) atoms. The lowest BCUT2D eigenvalue weighted by Crippen LogP contribution is -2.22. The van der Waals surface area contributed by atoms with E-state index in [1.165, 1.54) is 16.7 Å². The van der Waals surface area contributed by atoms with Crippen molar-refractivity contribution >= 4 is 0 Å². The van der Waals surface area contributed by atoms with Gasteiger partial charge in [-0.2, -0.15) is 0 Å². The Balaban J connectivity index is 1.70. The normalized spacial score (nSPS) is 20.5. The fourth-order valence-corrected chi connectivity index (χ4v) is 3.47. The molecule has 0 aliphatic heterocycles. The number of rotatable bonds is 4. The van der Waals surface area contributed by atoms with Crippen molar-refractivity contribution in [3.8, 4) is 5.75 Å². The lowest BCUT2D eigenvalue weighted by Gasteiger charge is -2.16. The SMILES string of the molecule is Cc1ccc(O)c2c1C(C)CC2NCCc1ccncc1. The molecule has 2 unspecified atom stereocenters. The fraction of sp³-hybridized carbons (Fsp3) is 0.389. The standard InChI is InChI=1S/C18H22N2O/c1-12-3-4-16(21)18-15(11-13(2)17(12)18)20-10-7-14-5-8-19-9-6-14/h3-6,8-9,13,15,20-21H,7,10-11H2,1-2H3. The molecule has 1 aromatic heterocycles. The van der Waals surface area contributed by atoms with Crippen LogP contribution in [-0.2, 0) is 6.42 Å². The number of pyridine rings is 1. The van der Waals surface area contributed by atoms with Crippen molar-refractivity contribution < 1.29 is 5.11 Å². The van der Waals surface area contributed by atoms with Gasteiger partial charge in [0.05, 0.1) is 0 Å². The average Bonchev–Trinajstić information content (AvgIpc) is 2.82. The van der Waals surface area contributed by atoms with Crippen molar-refractivity contribution in [1.29, 1.82) is 0 Å². The molecule has 2 atom stereocenters. The monoisotopic (exact) mass is 282 g/mol. The molecule has 0 fully saturated rings. The van der Waals surface area contributed by atoms with Crippen LogP contribution in [0.15, 0.2) is 36.7 Å². The molecule has 3 nitrogen and oxygen atoms in total. The molecule has 0 bridgehead atoms. The lowest BCUT2D eigenvalue weighted by molar-refractivity contribution is 0.446. The van der Waals surface area contributed by atoms with E-state index < -0.39 is 0 Å². The predicted octanol–water partition coefficient (Wildman–Crippen LogP) is 3.48. The van der Waals surface area contributed by atoms with Gasteiger partial charge in [-0.1, -0.05) is 13.0 Å².